The molecule has 0 aliphatic carbocycles. The number of methoxy groups -OCH3 is 1. The first kappa shape index (κ1) is 15.8. The molecule has 0 radical (unpaired) electrons. The number of halogens is 1. The lowest BCUT2D eigenvalue weighted by molar-refractivity contribution is -0.137. The van der Waals surface area contributed by atoms with Crippen molar-refractivity contribution < 1.29 is 14.6 Å². The maximum Gasteiger partial charge on any atom is 0.304 e. The van der Waals surface area contributed by atoms with Crippen LogP contribution in [0, 0.1) is 0 Å². The van der Waals surface area contributed by atoms with E-state index >= 15 is 0 Å². The van der Waals surface area contributed by atoms with E-state index in [0.717, 1.165) is 11.3 Å². The molecule has 0 saturated heterocycles. The highest BCUT2D eigenvalue weighted by atomic mass is 35.5. The Balaban J connectivity index is 2.83. The van der Waals surface area contributed by atoms with Gasteiger partial charge in [-0.3, -0.25) is 9.69 Å². The van der Waals surface area contributed by atoms with Gasteiger partial charge in [0.1, 0.15) is 5.75 Å². The van der Waals surface area contributed by atoms with Crippen molar-refractivity contribution in [1.82, 2.24) is 4.90 Å². The second-order valence-corrected chi connectivity index (χ2v) is 5.10. The summed E-state index contributed by atoms with van der Waals surface area (Å²) >= 11 is 6.00. The normalized spacial score (nSPS) is 11.1. The first-order valence-corrected chi connectivity index (χ1v) is 6.60. The molecule has 0 aliphatic heterocycles. The van der Waals surface area contributed by atoms with Crippen molar-refractivity contribution in [1.29, 1.82) is 0 Å². The Kier molecular flexibility index (Phi) is 6.12. The lowest BCUT2D eigenvalue weighted by Crippen LogP contribution is -2.32. The van der Waals surface area contributed by atoms with Crippen LogP contribution in [0.3, 0.4) is 0 Å². The fourth-order valence-corrected chi connectivity index (χ4v) is 2.04. The number of hydrogen-bond acceptors (Lipinski definition) is 3. The van der Waals surface area contributed by atoms with Crippen molar-refractivity contribution in [3.8, 4) is 5.75 Å². The molecule has 0 aliphatic rings. The molecular formula is C14H20ClNO3. The Labute approximate surface area is 118 Å². The molecule has 0 amide bonds. The number of carboxylic acids is 1. The van der Waals surface area contributed by atoms with Gasteiger partial charge in [-0.25, -0.2) is 0 Å². The van der Waals surface area contributed by atoms with Gasteiger partial charge in [-0.1, -0.05) is 11.6 Å². The standard InChI is InChI=1S/C14H20ClNO3/c1-10(2)16(7-6-14(17)18)9-11-8-12(15)4-5-13(11)19-3/h4-5,8,10H,6-7,9H2,1-3H3,(H,17,18). The number of benzene rings is 1. The highest BCUT2D eigenvalue weighted by molar-refractivity contribution is 6.30. The lowest BCUT2D eigenvalue weighted by atomic mass is 10.1. The minimum absolute atomic E-state index is 0.126. The molecule has 0 spiro atoms. The van der Waals surface area contributed by atoms with Crippen molar-refractivity contribution in [2.75, 3.05) is 13.7 Å². The molecular weight excluding hydrogens is 266 g/mol. The third-order valence-corrected chi connectivity index (χ3v) is 3.19. The summed E-state index contributed by atoms with van der Waals surface area (Å²) in [5.41, 5.74) is 0.967. The first-order valence-electron chi connectivity index (χ1n) is 6.22. The van der Waals surface area contributed by atoms with Gasteiger partial charge in [-0.15, -0.1) is 0 Å². The van der Waals surface area contributed by atoms with E-state index in [2.05, 4.69) is 4.90 Å². The zero-order valence-corrected chi connectivity index (χ0v) is 12.3. The van der Waals surface area contributed by atoms with Crippen LogP contribution in [0.15, 0.2) is 18.2 Å². The highest BCUT2D eigenvalue weighted by Gasteiger charge is 2.14. The van der Waals surface area contributed by atoms with Gasteiger partial charge < -0.3 is 9.84 Å². The molecule has 4 nitrogen and oxygen atoms in total. The predicted molar refractivity (Wildman–Crippen MR) is 75.8 cm³/mol. The second kappa shape index (κ2) is 7.36. The molecule has 0 unspecified atom stereocenters. The number of ether oxygens (including phenoxy) is 1. The molecule has 0 heterocycles. The number of hydrogen-bond donors (Lipinski definition) is 1. The van der Waals surface area contributed by atoms with Gasteiger partial charge in [0, 0.05) is 29.7 Å². The van der Waals surface area contributed by atoms with Crippen LogP contribution < -0.4 is 4.74 Å². The van der Waals surface area contributed by atoms with Gasteiger partial charge in [0.2, 0.25) is 0 Å². The van der Waals surface area contributed by atoms with Gasteiger partial charge in [0.25, 0.3) is 0 Å². The maximum atomic E-state index is 10.7. The van der Waals surface area contributed by atoms with Crippen LogP contribution >= 0.6 is 11.6 Å². The van der Waals surface area contributed by atoms with Crippen molar-refractivity contribution in [2.45, 2.75) is 32.9 Å². The molecule has 0 fully saturated rings. The van der Waals surface area contributed by atoms with E-state index in [1.807, 2.05) is 26.0 Å². The Morgan fingerprint density at radius 3 is 2.68 bits per heavy atom. The lowest BCUT2D eigenvalue weighted by Gasteiger charge is -2.26. The minimum Gasteiger partial charge on any atom is -0.496 e. The monoisotopic (exact) mass is 285 g/mol. The summed E-state index contributed by atoms with van der Waals surface area (Å²) in [4.78, 5) is 12.8. The van der Waals surface area contributed by atoms with E-state index < -0.39 is 5.97 Å². The molecule has 0 saturated carbocycles. The third-order valence-electron chi connectivity index (χ3n) is 2.96. The van der Waals surface area contributed by atoms with Crippen LogP contribution in [0.5, 0.6) is 5.75 Å². The van der Waals surface area contributed by atoms with Crippen molar-refractivity contribution in [3.63, 3.8) is 0 Å². The summed E-state index contributed by atoms with van der Waals surface area (Å²) in [6, 6.07) is 5.72. The minimum atomic E-state index is -0.788. The molecule has 106 valence electrons. The molecule has 0 aromatic heterocycles. The summed E-state index contributed by atoms with van der Waals surface area (Å²) in [7, 11) is 1.61. The van der Waals surface area contributed by atoms with Crippen LogP contribution in [-0.2, 0) is 11.3 Å². The molecule has 19 heavy (non-hydrogen) atoms. The Bertz CT molecular complexity index is 435. The van der Waals surface area contributed by atoms with Crippen LogP contribution in [0.4, 0.5) is 0 Å². The number of carboxylic acid groups (broad SMARTS) is 1. The van der Waals surface area contributed by atoms with Crippen molar-refractivity contribution >= 4 is 17.6 Å². The summed E-state index contributed by atoms with van der Waals surface area (Å²) in [5, 5.41) is 9.43. The molecule has 1 aromatic rings. The molecule has 5 heteroatoms. The Morgan fingerprint density at radius 1 is 1.47 bits per heavy atom. The molecule has 1 aromatic carbocycles. The van der Waals surface area contributed by atoms with E-state index in [0.29, 0.717) is 18.1 Å². The van der Waals surface area contributed by atoms with Gasteiger partial charge in [-0.05, 0) is 32.0 Å². The average Bonchev–Trinajstić information content (AvgIpc) is 2.34. The Hall–Kier alpha value is -1.26. The van der Waals surface area contributed by atoms with Crippen LogP contribution in [-0.4, -0.2) is 35.7 Å². The molecule has 1 N–H and O–H groups in total. The first-order chi connectivity index (χ1) is 8.93. The van der Waals surface area contributed by atoms with Crippen LogP contribution in [0.2, 0.25) is 5.02 Å². The highest BCUT2D eigenvalue weighted by Crippen LogP contribution is 2.24. The average molecular weight is 286 g/mol. The summed E-state index contributed by atoms with van der Waals surface area (Å²) in [6.07, 6.45) is 0.126. The van der Waals surface area contributed by atoms with Crippen LogP contribution in [0.25, 0.3) is 0 Å². The van der Waals surface area contributed by atoms with Gasteiger partial charge in [0.05, 0.1) is 13.5 Å². The van der Waals surface area contributed by atoms with E-state index in [9.17, 15) is 4.79 Å². The maximum absolute atomic E-state index is 10.7. The topological polar surface area (TPSA) is 49.8 Å². The molecule has 0 bridgehead atoms. The quantitative estimate of drug-likeness (QED) is 0.836. The van der Waals surface area contributed by atoms with Crippen LogP contribution in [0.1, 0.15) is 25.8 Å². The fourth-order valence-electron chi connectivity index (χ4n) is 1.85. The van der Waals surface area contributed by atoms with E-state index in [1.165, 1.54) is 0 Å². The van der Waals surface area contributed by atoms with Crippen molar-refractivity contribution in [2.24, 2.45) is 0 Å². The molecule has 1 rings (SSSR count). The van der Waals surface area contributed by atoms with E-state index in [-0.39, 0.29) is 12.5 Å². The fraction of sp³-hybridized carbons (Fsp3) is 0.500. The summed E-state index contributed by atoms with van der Waals surface area (Å²) < 4.78 is 5.30. The number of rotatable bonds is 7. The number of nitrogens with zero attached hydrogens (tertiary/aromatic N) is 1. The largest absolute Gasteiger partial charge is 0.496 e. The van der Waals surface area contributed by atoms with Gasteiger partial charge >= 0.3 is 5.97 Å². The van der Waals surface area contributed by atoms with Gasteiger partial charge in [0.15, 0.2) is 0 Å². The zero-order valence-electron chi connectivity index (χ0n) is 11.5. The second-order valence-electron chi connectivity index (χ2n) is 4.66. The van der Waals surface area contributed by atoms with Gasteiger partial charge in [-0.2, -0.15) is 0 Å². The molecule has 0 atom stereocenters. The zero-order chi connectivity index (χ0) is 14.4. The van der Waals surface area contributed by atoms with Crippen molar-refractivity contribution in [3.05, 3.63) is 28.8 Å². The summed E-state index contributed by atoms with van der Waals surface area (Å²) in [5.74, 6) is -0.0194. The van der Waals surface area contributed by atoms with E-state index in [4.69, 9.17) is 21.4 Å². The Morgan fingerprint density at radius 2 is 2.16 bits per heavy atom. The summed E-state index contributed by atoms with van der Waals surface area (Å²) in [6.45, 7) is 5.20. The number of aliphatic carboxylic acids is 1. The SMILES string of the molecule is COc1ccc(Cl)cc1CN(CCC(=O)O)C(C)C. The van der Waals surface area contributed by atoms with E-state index in [1.54, 1.807) is 13.2 Å². The third kappa shape index (κ3) is 5.09. The number of carbonyl (C=O) groups is 1. The smallest absolute Gasteiger partial charge is 0.304 e. The predicted octanol–water partition coefficient (Wildman–Crippen LogP) is 3.03.